The number of rotatable bonds is 11. The van der Waals surface area contributed by atoms with Crippen LogP contribution in [-0.2, 0) is 27.7 Å². The lowest BCUT2D eigenvalue weighted by Gasteiger charge is -2.11. The van der Waals surface area contributed by atoms with Crippen LogP contribution in [0.4, 0.5) is 0 Å². The van der Waals surface area contributed by atoms with Crippen LogP contribution < -0.4 is 15.4 Å². The summed E-state index contributed by atoms with van der Waals surface area (Å²) in [6, 6.07) is 10.9. The number of hydrogen-bond donors (Lipinski definition) is 3. The third-order valence-electron chi connectivity index (χ3n) is 3.84. The van der Waals surface area contributed by atoms with Crippen molar-refractivity contribution in [3.63, 3.8) is 0 Å². The maximum absolute atomic E-state index is 12.2. The molecule has 0 spiro atoms. The van der Waals surface area contributed by atoms with Gasteiger partial charge in [-0.1, -0.05) is 18.2 Å². The van der Waals surface area contributed by atoms with Crippen LogP contribution in [0.2, 0.25) is 0 Å². The van der Waals surface area contributed by atoms with Gasteiger partial charge in [-0.25, -0.2) is 18.1 Å². The number of methoxy groups -OCH3 is 1. The largest absolute Gasteiger partial charge is 0.383 e. The van der Waals surface area contributed by atoms with Crippen molar-refractivity contribution in [2.24, 2.45) is 4.99 Å². The number of thiophene rings is 1. The van der Waals surface area contributed by atoms with Crippen molar-refractivity contribution < 1.29 is 13.2 Å². The van der Waals surface area contributed by atoms with E-state index in [0.29, 0.717) is 13.2 Å². The predicted octanol–water partition coefficient (Wildman–Crippen LogP) is 2.59. The molecular weight excluding hydrogens is 523 g/mol. The van der Waals surface area contributed by atoms with E-state index in [2.05, 4.69) is 37.9 Å². The molecular formula is C19H29IN4O3S2. The van der Waals surface area contributed by atoms with E-state index in [1.807, 2.05) is 6.92 Å². The van der Waals surface area contributed by atoms with Gasteiger partial charge in [-0.05, 0) is 42.5 Å². The fourth-order valence-corrected chi connectivity index (χ4v) is 4.13. The first kappa shape index (κ1) is 25.8. The number of hydrogen-bond acceptors (Lipinski definition) is 5. The Hall–Kier alpha value is -1.21. The number of guanidine groups is 1. The molecule has 0 bridgehead atoms. The van der Waals surface area contributed by atoms with Gasteiger partial charge < -0.3 is 15.4 Å². The Morgan fingerprint density at radius 3 is 2.52 bits per heavy atom. The molecule has 0 radical (unpaired) electrons. The second-order valence-corrected chi connectivity index (χ2v) is 8.79. The molecule has 0 amide bonds. The van der Waals surface area contributed by atoms with Crippen molar-refractivity contribution in [2.45, 2.75) is 24.8 Å². The Morgan fingerprint density at radius 2 is 1.90 bits per heavy atom. The first-order valence-corrected chi connectivity index (χ1v) is 11.5. The SMILES string of the molecule is CCNC(=NCc1ccc(S(=O)(=O)NCCOC)cc1)NCCc1cccs1.I. The lowest BCUT2D eigenvalue weighted by molar-refractivity contribution is 0.204. The van der Waals surface area contributed by atoms with Crippen LogP contribution in [0.1, 0.15) is 17.4 Å². The minimum atomic E-state index is -3.51. The number of ether oxygens (including phenoxy) is 1. The molecule has 0 saturated carbocycles. The summed E-state index contributed by atoms with van der Waals surface area (Å²) in [4.78, 5) is 6.14. The zero-order valence-corrected chi connectivity index (χ0v) is 20.6. The van der Waals surface area contributed by atoms with Gasteiger partial charge in [0.2, 0.25) is 10.0 Å². The van der Waals surface area contributed by atoms with E-state index in [1.54, 1.807) is 35.6 Å². The molecule has 0 unspecified atom stereocenters. The van der Waals surface area contributed by atoms with Crippen LogP contribution in [0.25, 0.3) is 0 Å². The highest BCUT2D eigenvalue weighted by molar-refractivity contribution is 14.0. The predicted molar refractivity (Wildman–Crippen MR) is 130 cm³/mol. The molecule has 7 nitrogen and oxygen atoms in total. The Labute approximate surface area is 194 Å². The lowest BCUT2D eigenvalue weighted by Crippen LogP contribution is -2.38. The van der Waals surface area contributed by atoms with Crippen LogP contribution >= 0.6 is 35.3 Å². The first-order valence-electron chi connectivity index (χ1n) is 9.17. The van der Waals surface area contributed by atoms with Crippen molar-refractivity contribution in [1.29, 1.82) is 0 Å². The molecule has 1 aromatic heterocycles. The molecule has 1 aromatic carbocycles. The van der Waals surface area contributed by atoms with Gasteiger partial charge in [0.15, 0.2) is 5.96 Å². The number of aliphatic imine (C=N–C) groups is 1. The summed E-state index contributed by atoms with van der Waals surface area (Å²) in [6.45, 7) is 4.64. The zero-order chi connectivity index (χ0) is 20.2. The quantitative estimate of drug-likeness (QED) is 0.173. The summed E-state index contributed by atoms with van der Waals surface area (Å²) in [5, 5.41) is 8.62. The average molecular weight is 553 g/mol. The molecule has 0 aliphatic carbocycles. The smallest absolute Gasteiger partial charge is 0.240 e. The highest BCUT2D eigenvalue weighted by Crippen LogP contribution is 2.11. The molecule has 0 atom stereocenters. The highest BCUT2D eigenvalue weighted by atomic mass is 127. The van der Waals surface area contributed by atoms with E-state index >= 15 is 0 Å². The summed E-state index contributed by atoms with van der Waals surface area (Å²) < 4.78 is 31.7. The van der Waals surface area contributed by atoms with Gasteiger partial charge in [-0.15, -0.1) is 35.3 Å². The first-order chi connectivity index (χ1) is 13.5. The van der Waals surface area contributed by atoms with Crippen LogP contribution in [0.5, 0.6) is 0 Å². The van der Waals surface area contributed by atoms with Crippen molar-refractivity contribution in [3.8, 4) is 0 Å². The molecule has 0 aliphatic heterocycles. The van der Waals surface area contributed by atoms with Crippen molar-refractivity contribution >= 4 is 51.3 Å². The van der Waals surface area contributed by atoms with Crippen LogP contribution in [0.3, 0.4) is 0 Å². The molecule has 3 N–H and O–H groups in total. The minimum Gasteiger partial charge on any atom is -0.383 e. The van der Waals surface area contributed by atoms with Gasteiger partial charge in [0.05, 0.1) is 18.0 Å². The number of halogens is 1. The maximum Gasteiger partial charge on any atom is 0.240 e. The third kappa shape index (κ3) is 9.43. The summed E-state index contributed by atoms with van der Waals surface area (Å²) in [7, 11) is -1.98. The van der Waals surface area contributed by atoms with Crippen LogP contribution in [0, 0.1) is 0 Å². The zero-order valence-electron chi connectivity index (χ0n) is 16.7. The summed E-state index contributed by atoms with van der Waals surface area (Å²) >= 11 is 1.75. The Morgan fingerprint density at radius 1 is 1.14 bits per heavy atom. The number of sulfonamides is 1. The third-order valence-corrected chi connectivity index (χ3v) is 6.25. The van der Waals surface area contributed by atoms with Gasteiger partial charge in [-0.2, -0.15) is 0 Å². The van der Waals surface area contributed by atoms with Crippen LogP contribution in [0.15, 0.2) is 51.7 Å². The summed E-state index contributed by atoms with van der Waals surface area (Å²) in [5.41, 5.74) is 0.936. The lowest BCUT2D eigenvalue weighted by atomic mass is 10.2. The van der Waals surface area contributed by atoms with Gasteiger partial charge in [-0.3, -0.25) is 0 Å². The molecule has 2 rings (SSSR count). The fourth-order valence-electron chi connectivity index (χ4n) is 2.41. The Kier molecular flexibility index (Phi) is 12.4. The Bertz CT molecular complexity index is 826. The average Bonchev–Trinajstić information content (AvgIpc) is 3.20. The Balaban J connectivity index is 0.00000420. The van der Waals surface area contributed by atoms with Gasteiger partial charge in [0.25, 0.3) is 0 Å². The van der Waals surface area contributed by atoms with E-state index in [1.165, 1.54) is 12.0 Å². The number of benzene rings is 1. The van der Waals surface area contributed by atoms with Gasteiger partial charge in [0, 0.05) is 31.6 Å². The van der Waals surface area contributed by atoms with E-state index in [-0.39, 0.29) is 35.4 Å². The summed E-state index contributed by atoms with van der Waals surface area (Å²) in [5.74, 6) is 0.747. The molecule has 1 heterocycles. The van der Waals surface area contributed by atoms with E-state index in [4.69, 9.17) is 4.74 Å². The second kappa shape index (κ2) is 13.9. The minimum absolute atomic E-state index is 0. The van der Waals surface area contributed by atoms with Crippen molar-refractivity contribution in [1.82, 2.24) is 15.4 Å². The standard InChI is InChI=1S/C19H28N4O3S2.HI/c1-3-20-19(21-11-10-17-5-4-14-27-17)22-15-16-6-8-18(9-7-16)28(24,25)23-12-13-26-2;/h4-9,14,23H,3,10-13,15H2,1-2H3,(H2,20,21,22);1H. The van der Waals surface area contributed by atoms with Gasteiger partial charge in [0.1, 0.15) is 0 Å². The number of nitrogens with one attached hydrogen (secondary N) is 3. The van der Waals surface area contributed by atoms with E-state index in [9.17, 15) is 8.42 Å². The topological polar surface area (TPSA) is 91.8 Å². The van der Waals surface area contributed by atoms with E-state index in [0.717, 1.165) is 31.0 Å². The molecule has 162 valence electrons. The van der Waals surface area contributed by atoms with Crippen molar-refractivity contribution in [2.75, 3.05) is 33.4 Å². The molecule has 10 heteroatoms. The monoisotopic (exact) mass is 552 g/mol. The fraction of sp³-hybridized carbons (Fsp3) is 0.421. The molecule has 0 saturated heterocycles. The van der Waals surface area contributed by atoms with Gasteiger partial charge >= 0.3 is 0 Å². The highest BCUT2D eigenvalue weighted by Gasteiger charge is 2.12. The summed E-state index contributed by atoms with van der Waals surface area (Å²) in [6.07, 6.45) is 0.949. The normalized spacial score (nSPS) is 11.7. The molecule has 29 heavy (non-hydrogen) atoms. The van der Waals surface area contributed by atoms with Crippen LogP contribution in [-0.4, -0.2) is 47.7 Å². The molecule has 0 aliphatic rings. The molecule has 0 fully saturated rings. The van der Waals surface area contributed by atoms with Crippen molar-refractivity contribution in [3.05, 3.63) is 52.2 Å². The second-order valence-electron chi connectivity index (χ2n) is 5.99. The van der Waals surface area contributed by atoms with E-state index < -0.39 is 10.0 Å². The maximum atomic E-state index is 12.2. The molecule has 2 aromatic rings. The number of nitrogens with zero attached hydrogens (tertiary/aromatic N) is 1.